The zero-order valence-corrected chi connectivity index (χ0v) is 14.4. The van der Waals surface area contributed by atoms with Gasteiger partial charge in [-0.15, -0.1) is 0 Å². The second kappa shape index (κ2) is 6.44. The largest absolute Gasteiger partial charge is 0.493 e. The summed E-state index contributed by atoms with van der Waals surface area (Å²) in [6.07, 6.45) is 0. The van der Waals surface area contributed by atoms with Crippen molar-refractivity contribution in [2.45, 2.75) is 0 Å². The smallest absolute Gasteiger partial charge is 0.255 e. The van der Waals surface area contributed by atoms with E-state index in [0.29, 0.717) is 22.7 Å². The Kier molecular flexibility index (Phi) is 3.97. The molecular formula is C21H17NO4. The van der Waals surface area contributed by atoms with Crippen LogP contribution in [0, 0.1) is 0 Å². The van der Waals surface area contributed by atoms with Gasteiger partial charge >= 0.3 is 0 Å². The van der Waals surface area contributed by atoms with Crippen molar-refractivity contribution in [3.8, 4) is 11.5 Å². The predicted octanol–water partition coefficient (Wildman–Crippen LogP) is 4.86. The van der Waals surface area contributed by atoms with Gasteiger partial charge in [-0.2, -0.15) is 0 Å². The average molecular weight is 347 g/mol. The summed E-state index contributed by atoms with van der Waals surface area (Å²) in [5.74, 6) is 0.849. The van der Waals surface area contributed by atoms with E-state index in [0.717, 1.165) is 21.9 Å². The number of hydrogen-bond donors (Lipinski definition) is 1. The van der Waals surface area contributed by atoms with Crippen LogP contribution in [0.25, 0.3) is 21.9 Å². The van der Waals surface area contributed by atoms with Crippen molar-refractivity contribution in [3.63, 3.8) is 0 Å². The molecule has 26 heavy (non-hydrogen) atoms. The van der Waals surface area contributed by atoms with Crippen LogP contribution in [0.4, 0.5) is 5.69 Å². The topological polar surface area (TPSA) is 60.7 Å². The fraction of sp³-hybridized carbons (Fsp3) is 0.0952. The zero-order valence-electron chi connectivity index (χ0n) is 14.4. The summed E-state index contributed by atoms with van der Waals surface area (Å²) in [7, 11) is 3.09. The van der Waals surface area contributed by atoms with E-state index in [-0.39, 0.29) is 5.91 Å². The van der Waals surface area contributed by atoms with Crippen LogP contribution in [0.5, 0.6) is 11.5 Å². The van der Waals surface area contributed by atoms with Crippen LogP contribution in [0.3, 0.4) is 0 Å². The molecular weight excluding hydrogens is 330 g/mol. The quantitative estimate of drug-likeness (QED) is 0.573. The van der Waals surface area contributed by atoms with Gasteiger partial charge in [0, 0.05) is 28.1 Å². The van der Waals surface area contributed by atoms with Gasteiger partial charge in [0.25, 0.3) is 5.91 Å². The van der Waals surface area contributed by atoms with E-state index in [1.54, 1.807) is 25.3 Å². The first kappa shape index (κ1) is 16.0. The molecule has 1 N–H and O–H groups in total. The number of rotatable bonds is 4. The number of ether oxygens (including phenoxy) is 2. The molecule has 0 atom stereocenters. The Balaban J connectivity index is 1.64. The van der Waals surface area contributed by atoms with E-state index in [4.69, 9.17) is 13.9 Å². The van der Waals surface area contributed by atoms with E-state index in [1.165, 1.54) is 7.11 Å². The molecule has 0 spiro atoms. The number of fused-ring (bicyclic) bond motifs is 3. The Hall–Kier alpha value is -3.47. The van der Waals surface area contributed by atoms with Gasteiger partial charge in [0.2, 0.25) is 0 Å². The third kappa shape index (κ3) is 2.73. The maximum Gasteiger partial charge on any atom is 0.255 e. The van der Waals surface area contributed by atoms with Gasteiger partial charge in [-0.1, -0.05) is 18.2 Å². The normalized spacial score (nSPS) is 10.8. The Morgan fingerprint density at radius 3 is 2.42 bits per heavy atom. The molecule has 1 aromatic heterocycles. The molecule has 4 rings (SSSR count). The molecule has 0 fully saturated rings. The Morgan fingerprint density at radius 2 is 1.62 bits per heavy atom. The molecule has 5 nitrogen and oxygen atoms in total. The van der Waals surface area contributed by atoms with Crippen LogP contribution in [0.15, 0.2) is 65.1 Å². The van der Waals surface area contributed by atoms with Crippen molar-refractivity contribution in [2.24, 2.45) is 0 Å². The number of hydrogen-bond acceptors (Lipinski definition) is 4. The minimum atomic E-state index is -0.235. The highest BCUT2D eigenvalue weighted by atomic mass is 16.5. The van der Waals surface area contributed by atoms with Gasteiger partial charge in [-0.25, -0.2) is 0 Å². The summed E-state index contributed by atoms with van der Waals surface area (Å²) >= 11 is 0. The molecule has 3 aromatic carbocycles. The highest BCUT2D eigenvalue weighted by molar-refractivity contribution is 6.08. The Morgan fingerprint density at radius 1 is 0.846 bits per heavy atom. The van der Waals surface area contributed by atoms with Gasteiger partial charge in [0.15, 0.2) is 11.5 Å². The summed E-state index contributed by atoms with van der Waals surface area (Å²) in [6.45, 7) is 0. The summed E-state index contributed by atoms with van der Waals surface area (Å²) in [5.41, 5.74) is 2.70. The van der Waals surface area contributed by atoms with Crippen molar-refractivity contribution in [1.82, 2.24) is 0 Å². The summed E-state index contributed by atoms with van der Waals surface area (Å²) in [6, 6.07) is 18.5. The van der Waals surface area contributed by atoms with Crippen LogP contribution < -0.4 is 14.8 Å². The number of para-hydroxylation sites is 1. The predicted molar refractivity (Wildman–Crippen MR) is 101 cm³/mol. The van der Waals surface area contributed by atoms with Crippen molar-refractivity contribution in [1.29, 1.82) is 0 Å². The van der Waals surface area contributed by atoms with E-state index in [1.807, 2.05) is 42.5 Å². The first-order valence-electron chi connectivity index (χ1n) is 8.14. The van der Waals surface area contributed by atoms with Crippen LogP contribution in [-0.4, -0.2) is 20.1 Å². The summed E-state index contributed by atoms with van der Waals surface area (Å²) in [5, 5.41) is 4.96. The Bertz CT molecular complexity index is 1110. The van der Waals surface area contributed by atoms with Gasteiger partial charge in [-0.05, 0) is 36.4 Å². The first-order valence-corrected chi connectivity index (χ1v) is 8.14. The summed E-state index contributed by atoms with van der Waals surface area (Å²) < 4.78 is 16.3. The van der Waals surface area contributed by atoms with E-state index < -0.39 is 0 Å². The van der Waals surface area contributed by atoms with E-state index in [9.17, 15) is 4.79 Å². The molecule has 4 aromatic rings. The first-order chi connectivity index (χ1) is 12.7. The molecule has 0 unspecified atom stereocenters. The third-order valence-electron chi connectivity index (χ3n) is 4.28. The lowest BCUT2D eigenvalue weighted by Crippen LogP contribution is -2.12. The molecule has 0 bridgehead atoms. The highest BCUT2D eigenvalue weighted by Crippen LogP contribution is 2.31. The number of carbonyl (C=O) groups excluding carboxylic acids is 1. The average Bonchev–Trinajstić information content (AvgIpc) is 3.05. The number of nitrogens with one attached hydrogen (secondary N) is 1. The second-order valence-electron chi connectivity index (χ2n) is 5.83. The van der Waals surface area contributed by atoms with Gasteiger partial charge in [-0.3, -0.25) is 4.79 Å². The van der Waals surface area contributed by atoms with E-state index in [2.05, 4.69) is 5.32 Å². The SMILES string of the molecule is COc1ccc(C(=O)Nc2ccc3c(c2)oc2ccccc23)cc1OC. The molecule has 0 saturated carbocycles. The molecule has 5 heteroatoms. The third-order valence-corrected chi connectivity index (χ3v) is 4.28. The monoisotopic (exact) mass is 347 g/mol. The maximum absolute atomic E-state index is 12.6. The second-order valence-corrected chi connectivity index (χ2v) is 5.83. The lowest BCUT2D eigenvalue weighted by Gasteiger charge is -2.10. The molecule has 0 aliphatic carbocycles. The van der Waals surface area contributed by atoms with Crippen molar-refractivity contribution >= 4 is 33.5 Å². The highest BCUT2D eigenvalue weighted by Gasteiger charge is 2.12. The maximum atomic E-state index is 12.6. The lowest BCUT2D eigenvalue weighted by molar-refractivity contribution is 0.102. The van der Waals surface area contributed by atoms with Gasteiger partial charge in [0.1, 0.15) is 11.2 Å². The number of methoxy groups -OCH3 is 2. The number of benzene rings is 3. The van der Waals surface area contributed by atoms with Crippen LogP contribution in [0.1, 0.15) is 10.4 Å². The Labute approximate surface area is 150 Å². The van der Waals surface area contributed by atoms with Crippen molar-refractivity contribution in [2.75, 3.05) is 19.5 Å². The fourth-order valence-corrected chi connectivity index (χ4v) is 2.98. The van der Waals surface area contributed by atoms with Crippen LogP contribution in [-0.2, 0) is 0 Å². The minimum Gasteiger partial charge on any atom is -0.493 e. The standard InChI is InChI=1S/C21H17NO4/c1-24-18-10-7-13(11-20(18)25-2)21(23)22-14-8-9-16-15-5-3-4-6-17(15)26-19(16)12-14/h3-12H,1-2H3,(H,22,23). The molecule has 0 aliphatic rings. The number of furan rings is 1. The van der Waals surface area contributed by atoms with Crippen molar-refractivity contribution in [3.05, 3.63) is 66.2 Å². The number of carbonyl (C=O) groups is 1. The van der Waals surface area contributed by atoms with Crippen LogP contribution in [0.2, 0.25) is 0 Å². The van der Waals surface area contributed by atoms with Crippen molar-refractivity contribution < 1.29 is 18.7 Å². The minimum absolute atomic E-state index is 0.235. The molecule has 0 saturated heterocycles. The lowest BCUT2D eigenvalue weighted by atomic mass is 10.1. The number of amides is 1. The molecule has 0 radical (unpaired) electrons. The molecule has 0 aliphatic heterocycles. The fourth-order valence-electron chi connectivity index (χ4n) is 2.98. The van der Waals surface area contributed by atoms with E-state index >= 15 is 0 Å². The summed E-state index contributed by atoms with van der Waals surface area (Å²) in [4.78, 5) is 12.6. The van der Waals surface area contributed by atoms with Gasteiger partial charge < -0.3 is 19.2 Å². The molecule has 1 amide bonds. The molecule has 1 heterocycles. The number of anilines is 1. The molecule has 130 valence electrons. The van der Waals surface area contributed by atoms with Gasteiger partial charge in [0.05, 0.1) is 14.2 Å². The zero-order chi connectivity index (χ0) is 18.1. The van der Waals surface area contributed by atoms with Crippen LogP contribution >= 0.6 is 0 Å².